The van der Waals surface area contributed by atoms with Gasteiger partial charge in [0.1, 0.15) is 10.6 Å². The quantitative estimate of drug-likeness (QED) is 0.629. The number of sulfonamides is 1. The zero-order valence-corrected chi connectivity index (χ0v) is 11.3. The van der Waals surface area contributed by atoms with Crippen LogP contribution in [-0.2, 0) is 21.9 Å². The number of aromatic nitrogens is 1. The number of nitrogens with one attached hydrogen (secondary N) is 2. The average molecular weight is 289 g/mol. The van der Waals surface area contributed by atoms with E-state index in [-0.39, 0.29) is 23.6 Å². The lowest BCUT2D eigenvalue weighted by Crippen LogP contribution is -2.27. The Kier molecular flexibility index (Phi) is 4.67. The van der Waals surface area contributed by atoms with E-state index in [1.54, 1.807) is 0 Å². The number of carboxylic acid groups (broad SMARTS) is 1. The molecular formula is C10H15N3O5S. The van der Waals surface area contributed by atoms with E-state index in [0.29, 0.717) is 0 Å². The van der Waals surface area contributed by atoms with Gasteiger partial charge in [0.15, 0.2) is 0 Å². The molecule has 9 heteroatoms. The van der Waals surface area contributed by atoms with E-state index in [1.807, 2.05) is 0 Å². The van der Waals surface area contributed by atoms with Gasteiger partial charge in [-0.3, -0.25) is 9.59 Å². The molecule has 0 unspecified atom stereocenters. The zero-order valence-electron chi connectivity index (χ0n) is 10.5. The molecule has 8 nitrogen and oxygen atoms in total. The van der Waals surface area contributed by atoms with Crippen molar-refractivity contribution in [2.45, 2.75) is 11.3 Å². The van der Waals surface area contributed by atoms with Crippen LogP contribution < -0.4 is 10.0 Å². The number of nitrogens with zero attached hydrogens (tertiary/aromatic N) is 1. The van der Waals surface area contributed by atoms with E-state index in [1.165, 1.54) is 30.9 Å². The third-order valence-electron chi connectivity index (χ3n) is 2.42. The highest BCUT2D eigenvalue weighted by Gasteiger charge is 2.18. The second-order valence-electron chi connectivity index (χ2n) is 3.78. The molecule has 0 saturated heterocycles. The third kappa shape index (κ3) is 3.80. The van der Waals surface area contributed by atoms with E-state index < -0.39 is 21.9 Å². The predicted molar refractivity (Wildman–Crippen MR) is 66.2 cm³/mol. The summed E-state index contributed by atoms with van der Waals surface area (Å²) in [5, 5.41) is 10.8. The third-order valence-corrected chi connectivity index (χ3v) is 3.80. The Balaban J connectivity index is 2.85. The van der Waals surface area contributed by atoms with Crippen molar-refractivity contribution in [3.63, 3.8) is 0 Å². The molecule has 1 aromatic rings. The summed E-state index contributed by atoms with van der Waals surface area (Å²) < 4.78 is 26.6. The molecule has 0 saturated carbocycles. The highest BCUT2D eigenvalue weighted by Crippen LogP contribution is 2.12. The van der Waals surface area contributed by atoms with Crippen molar-refractivity contribution in [1.82, 2.24) is 14.6 Å². The number of aryl methyl sites for hydroxylation is 1. The van der Waals surface area contributed by atoms with Crippen molar-refractivity contribution < 1.29 is 23.1 Å². The van der Waals surface area contributed by atoms with Gasteiger partial charge in [-0.25, -0.2) is 13.1 Å². The molecule has 0 aromatic carbocycles. The van der Waals surface area contributed by atoms with Gasteiger partial charge in [-0.1, -0.05) is 0 Å². The first-order valence-electron chi connectivity index (χ1n) is 5.38. The van der Waals surface area contributed by atoms with Crippen molar-refractivity contribution in [3.05, 3.63) is 18.0 Å². The van der Waals surface area contributed by atoms with Gasteiger partial charge in [0, 0.05) is 19.8 Å². The van der Waals surface area contributed by atoms with Crippen LogP contribution in [0.25, 0.3) is 0 Å². The van der Waals surface area contributed by atoms with Gasteiger partial charge in [-0.15, -0.1) is 0 Å². The molecule has 0 aliphatic heterocycles. The second kappa shape index (κ2) is 5.85. The van der Waals surface area contributed by atoms with Crippen LogP contribution in [0.4, 0.5) is 0 Å². The summed E-state index contributed by atoms with van der Waals surface area (Å²) in [6.07, 6.45) is 1.11. The van der Waals surface area contributed by atoms with Gasteiger partial charge in [-0.05, 0) is 13.1 Å². The Hall–Kier alpha value is -1.87. The maximum Gasteiger partial charge on any atom is 0.305 e. The maximum absolute atomic E-state index is 11.7. The number of carboxylic acids is 1. The molecule has 0 bridgehead atoms. The summed E-state index contributed by atoms with van der Waals surface area (Å²) in [6.45, 7) is -0.0204. The number of amides is 1. The molecule has 1 heterocycles. The lowest BCUT2D eigenvalue weighted by Gasteiger charge is -2.03. The molecule has 0 atom stereocenters. The number of hydrogen-bond donors (Lipinski definition) is 3. The Bertz CT molecular complexity index is 590. The number of rotatable bonds is 6. The number of carbonyl (C=O) groups is 2. The van der Waals surface area contributed by atoms with Crippen molar-refractivity contribution in [2.24, 2.45) is 7.05 Å². The van der Waals surface area contributed by atoms with Gasteiger partial charge in [0.25, 0.3) is 5.91 Å². The zero-order chi connectivity index (χ0) is 14.6. The minimum absolute atomic E-state index is 0.0204. The van der Waals surface area contributed by atoms with Crippen molar-refractivity contribution in [3.8, 4) is 0 Å². The van der Waals surface area contributed by atoms with Crippen molar-refractivity contribution >= 4 is 21.9 Å². The second-order valence-corrected chi connectivity index (χ2v) is 5.67. The first-order valence-corrected chi connectivity index (χ1v) is 6.86. The van der Waals surface area contributed by atoms with Gasteiger partial charge in [-0.2, -0.15) is 0 Å². The van der Waals surface area contributed by atoms with Crippen LogP contribution in [0.15, 0.2) is 17.2 Å². The maximum atomic E-state index is 11.7. The van der Waals surface area contributed by atoms with E-state index in [2.05, 4.69) is 10.0 Å². The van der Waals surface area contributed by atoms with Crippen LogP contribution >= 0.6 is 0 Å². The minimum atomic E-state index is -3.61. The molecule has 0 aliphatic carbocycles. The van der Waals surface area contributed by atoms with Gasteiger partial charge in [0.05, 0.1) is 6.42 Å². The summed E-state index contributed by atoms with van der Waals surface area (Å²) in [4.78, 5) is 22.0. The van der Waals surface area contributed by atoms with Gasteiger partial charge in [0.2, 0.25) is 10.0 Å². The fourth-order valence-electron chi connectivity index (χ4n) is 1.40. The average Bonchev–Trinajstić information content (AvgIpc) is 2.71. The highest BCUT2D eigenvalue weighted by molar-refractivity contribution is 7.89. The highest BCUT2D eigenvalue weighted by atomic mass is 32.2. The number of hydrogen-bond acceptors (Lipinski definition) is 4. The largest absolute Gasteiger partial charge is 0.481 e. The lowest BCUT2D eigenvalue weighted by atomic mass is 10.3. The van der Waals surface area contributed by atoms with Gasteiger partial charge < -0.3 is 15.0 Å². The summed E-state index contributed by atoms with van der Waals surface area (Å²) >= 11 is 0. The van der Waals surface area contributed by atoms with Crippen LogP contribution in [0.2, 0.25) is 0 Å². The first kappa shape index (κ1) is 15.2. The smallest absolute Gasteiger partial charge is 0.305 e. The minimum Gasteiger partial charge on any atom is -0.481 e. The van der Waals surface area contributed by atoms with E-state index in [4.69, 9.17) is 5.11 Å². The predicted octanol–water partition coefficient (Wildman–Crippen LogP) is -0.862. The SMILES string of the molecule is CNS(=O)(=O)c1cc(C(=O)NCCC(=O)O)n(C)c1. The molecule has 106 valence electrons. The Morgan fingerprint density at radius 3 is 2.58 bits per heavy atom. The lowest BCUT2D eigenvalue weighted by molar-refractivity contribution is -0.136. The molecule has 0 fully saturated rings. The molecular weight excluding hydrogens is 274 g/mol. The van der Waals surface area contributed by atoms with Crippen LogP contribution in [0, 0.1) is 0 Å². The van der Waals surface area contributed by atoms with E-state index in [9.17, 15) is 18.0 Å². The fraction of sp³-hybridized carbons (Fsp3) is 0.400. The molecule has 1 amide bonds. The van der Waals surface area contributed by atoms with Crippen LogP contribution in [-0.4, -0.2) is 43.6 Å². The molecule has 1 aromatic heterocycles. The van der Waals surface area contributed by atoms with E-state index in [0.717, 1.165) is 0 Å². The Morgan fingerprint density at radius 2 is 2.05 bits per heavy atom. The Morgan fingerprint density at radius 1 is 1.42 bits per heavy atom. The first-order chi connectivity index (χ1) is 8.77. The normalized spacial score (nSPS) is 11.3. The molecule has 0 spiro atoms. The molecule has 19 heavy (non-hydrogen) atoms. The van der Waals surface area contributed by atoms with Crippen LogP contribution in [0.3, 0.4) is 0 Å². The topological polar surface area (TPSA) is 118 Å². The molecule has 1 rings (SSSR count). The summed E-state index contributed by atoms with van der Waals surface area (Å²) in [7, 11) is -0.811. The molecule has 0 radical (unpaired) electrons. The van der Waals surface area contributed by atoms with Gasteiger partial charge >= 0.3 is 5.97 Å². The van der Waals surface area contributed by atoms with Crippen molar-refractivity contribution in [2.75, 3.05) is 13.6 Å². The van der Waals surface area contributed by atoms with Crippen molar-refractivity contribution in [1.29, 1.82) is 0 Å². The summed E-state index contributed by atoms with van der Waals surface area (Å²) in [5.41, 5.74) is 0.138. The number of aliphatic carboxylic acids is 1. The number of carbonyl (C=O) groups excluding carboxylic acids is 1. The van der Waals surface area contributed by atoms with E-state index >= 15 is 0 Å². The summed E-state index contributed by atoms with van der Waals surface area (Å²) in [5.74, 6) is -1.55. The fourth-order valence-corrected chi connectivity index (χ4v) is 2.20. The standard InChI is InChI=1S/C10H15N3O5S/c1-11-19(17,18)7-5-8(13(2)6-7)10(16)12-4-3-9(14)15/h5-6,11H,3-4H2,1-2H3,(H,12,16)(H,14,15). The molecule has 3 N–H and O–H groups in total. The monoisotopic (exact) mass is 289 g/mol. The summed E-state index contributed by atoms with van der Waals surface area (Å²) in [6, 6.07) is 1.22. The van der Waals surface area contributed by atoms with Crippen LogP contribution in [0.5, 0.6) is 0 Å². The van der Waals surface area contributed by atoms with Crippen LogP contribution in [0.1, 0.15) is 16.9 Å². The molecule has 0 aliphatic rings. The Labute approximate surface area is 110 Å².